The largest absolute Gasteiger partial charge is 0.480 e. The number of nitrogens with zero attached hydrogens (tertiary/aromatic N) is 2. The molecule has 0 aliphatic carbocycles. The molecule has 0 bridgehead atoms. The smallest absolute Gasteiger partial charge is 0.411 e. The molecule has 1 saturated heterocycles. The second-order valence-electron chi connectivity index (χ2n) is 7.88. The van der Waals surface area contributed by atoms with Crippen molar-refractivity contribution in [1.82, 2.24) is 9.88 Å². The van der Waals surface area contributed by atoms with Crippen LogP contribution in [0.1, 0.15) is 27.2 Å². The standard InChI is InChI=1S/C21H24N2O5S/c1-13(27-16-5-7-22-17(10-16)14-6-8-29-12-14)15-9-18(19(24)25)23(11-15)20(26)28-21(2,3)4/h5-8,10,12,15,18H,1,9,11H2,2-4H3,(H,24,25)/t15-,18+/m1/s1. The number of likely N-dealkylation sites (tertiary alicyclic amines) is 1. The van der Waals surface area contributed by atoms with Gasteiger partial charge in [-0.25, -0.2) is 9.59 Å². The molecule has 29 heavy (non-hydrogen) atoms. The fourth-order valence-corrected chi connectivity index (χ4v) is 3.75. The molecule has 0 unspecified atom stereocenters. The van der Waals surface area contributed by atoms with E-state index in [4.69, 9.17) is 9.47 Å². The summed E-state index contributed by atoms with van der Waals surface area (Å²) in [4.78, 5) is 29.7. The molecule has 8 heteroatoms. The van der Waals surface area contributed by atoms with Crippen LogP contribution < -0.4 is 4.74 Å². The Bertz CT molecular complexity index is 904. The first kappa shape index (κ1) is 20.9. The first-order valence-corrected chi connectivity index (χ1v) is 10.2. The van der Waals surface area contributed by atoms with Gasteiger partial charge in [0, 0.05) is 35.7 Å². The SMILES string of the molecule is C=C(Oc1ccnc(-c2ccsc2)c1)[C@@H]1C[C@@H](C(=O)O)N(C(=O)OC(C)(C)C)C1. The minimum atomic E-state index is -1.07. The Balaban J connectivity index is 1.70. The van der Waals surface area contributed by atoms with E-state index in [1.165, 1.54) is 4.90 Å². The molecule has 0 spiro atoms. The van der Waals surface area contributed by atoms with E-state index in [0.29, 0.717) is 11.5 Å². The zero-order chi connectivity index (χ0) is 21.2. The summed E-state index contributed by atoms with van der Waals surface area (Å²) in [5.41, 5.74) is 1.07. The van der Waals surface area contributed by atoms with E-state index in [1.54, 1.807) is 44.4 Å². The summed E-state index contributed by atoms with van der Waals surface area (Å²) in [5.74, 6) is -0.422. The second-order valence-corrected chi connectivity index (χ2v) is 8.66. The number of carbonyl (C=O) groups is 2. The number of hydrogen-bond acceptors (Lipinski definition) is 6. The summed E-state index contributed by atoms with van der Waals surface area (Å²) in [6.45, 7) is 9.37. The molecule has 3 heterocycles. The van der Waals surface area contributed by atoms with Crippen molar-refractivity contribution in [3.63, 3.8) is 0 Å². The number of carboxylic acids is 1. The minimum Gasteiger partial charge on any atom is -0.480 e. The summed E-state index contributed by atoms with van der Waals surface area (Å²) in [6.07, 6.45) is 1.22. The van der Waals surface area contributed by atoms with Crippen LogP contribution in [0.5, 0.6) is 5.75 Å². The highest BCUT2D eigenvalue weighted by atomic mass is 32.1. The quantitative estimate of drug-likeness (QED) is 0.726. The van der Waals surface area contributed by atoms with E-state index in [0.717, 1.165) is 11.3 Å². The summed E-state index contributed by atoms with van der Waals surface area (Å²) in [5, 5.41) is 13.5. The molecule has 0 radical (unpaired) electrons. The number of amides is 1. The summed E-state index contributed by atoms with van der Waals surface area (Å²) < 4.78 is 11.2. The Labute approximate surface area is 173 Å². The molecule has 0 saturated carbocycles. The molecule has 3 rings (SSSR count). The lowest BCUT2D eigenvalue weighted by Crippen LogP contribution is -2.43. The molecule has 2 atom stereocenters. The lowest BCUT2D eigenvalue weighted by atomic mass is 10.0. The van der Waals surface area contributed by atoms with Gasteiger partial charge in [0.05, 0.1) is 5.69 Å². The zero-order valence-electron chi connectivity index (χ0n) is 16.6. The molecular weight excluding hydrogens is 392 g/mol. The molecule has 1 aliphatic rings. The van der Waals surface area contributed by atoms with E-state index >= 15 is 0 Å². The third-order valence-corrected chi connectivity index (χ3v) is 5.15. The summed E-state index contributed by atoms with van der Waals surface area (Å²) >= 11 is 1.58. The van der Waals surface area contributed by atoms with Crippen molar-refractivity contribution in [1.29, 1.82) is 0 Å². The molecule has 154 valence electrons. The molecule has 1 aliphatic heterocycles. The Morgan fingerprint density at radius 2 is 2.10 bits per heavy atom. The van der Waals surface area contributed by atoms with Crippen molar-refractivity contribution in [2.75, 3.05) is 6.54 Å². The molecular formula is C21H24N2O5S. The Hall–Kier alpha value is -2.87. The lowest BCUT2D eigenvalue weighted by molar-refractivity contribution is -0.142. The number of thiophene rings is 1. The fraction of sp³-hybridized carbons (Fsp3) is 0.381. The first-order valence-electron chi connectivity index (χ1n) is 9.22. The fourth-order valence-electron chi connectivity index (χ4n) is 3.10. The van der Waals surface area contributed by atoms with Crippen molar-refractivity contribution in [2.24, 2.45) is 5.92 Å². The Morgan fingerprint density at radius 3 is 2.72 bits per heavy atom. The van der Waals surface area contributed by atoms with Crippen LogP contribution in [0.25, 0.3) is 11.3 Å². The normalized spacial score (nSPS) is 19.1. The van der Waals surface area contributed by atoms with Crippen LogP contribution in [0.15, 0.2) is 47.5 Å². The average molecular weight is 416 g/mol. The van der Waals surface area contributed by atoms with Gasteiger partial charge in [-0.2, -0.15) is 11.3 Å². The van der Waals surface area contributed by atoms with Crippen LogP contribution in [-0.4, -0.2) is 45.2 Å². The zero-order valence-corrected chi connectivity index (χ0v) is 17.4. The van der Waals surface area contributed by atoms with Crippen molar-refractivity contribution < 1.29 is 24.2 Å². The van der Waals surface area contributed by atoms with Crippen LogP contribution in [0.3, 0.4) is 0 Å². The predicted octanol–water partition coefficient (Wildman–Crippen LogP) is 4.41. The number of rotatable bonds is 5. The first-order chi connectivity index (χ1) is 13.6. The highest BCUT2D eigenvalue weighted by Gasteiger charge is 2.43. The Morgan fingerprint density at radius 1 is 1.34 bits per heavy atom. The highest BCUT2D eigenvalue weighted by molar-refractivity contribution is 7.08. The number of hydrogen-bond donors (Lipinski definition) is 1. The molecule has 1 amide bonds. The molecule has 1 N–H and O–H groups in total. The van der Waals surface area contributed by atoms with Crippen molar-refractivity contribution >= 4 is 23.4 Å². The third-order valence-electron chi connectivity index (χ3n) is 4.47. The van der Waals surface area contributed by atoms with Gasteiger partial charge in [0.2, 0.25) is 0 Å². The van der Waals surface area contributed by atoms with E-state index in [9.17, 15) is 14.7 Å². The van der Waals surface area contributed by atoms with Crippen LogP contribution in [-0.2, 0) is 9.53 Å². The minimum absolute atomic E-state index is 0.174. The van der Waals surface area contributed by atoms with Crippen LogP contribution in [0, 0.1) is 5.92 Å². The van der Waals surface area contributed by atoms with Crippen LogP contribution in [0.4, 0.5) is 4.79 Å². The van der Waals surface area contributed by atoms with Gasteiger partial charge in [-0.1, -0.05) is 6.58 Å². The van der Waals surface area contributed by atoms with E-state index in [1.807, 2.05) is 22.9 Å². The highest BCUT2D eigenvalue weighted by Crippen LogP contribution is 2.32. The topological polar surface area (TPSA) is 89.0 Å². The summed E-state index contributed by atoms with van der Waals surface area (Å²) in [6, 6.07) is 4.52. The molecule has 2 aromatic heterocycles. The number of aromatic nitrogens is 1. The van der Waals surface area contributed by atoms with E-state index in [-0.39, 0.29) is 18.9 Å². The maximum absolute atomic E-state index is 12.4. The average Bonchev–Trinajstić information content (AvgIpc) is 3.30. The van der Waals surface area contributed by atoms with Gasteiger partial charge in [-0.3, -0.25) is 9.88 Å². The van der Waals surface area contributed by atoms with Gasteiger partial charge in [0.25, 0.3) is 0 Å². The van der Waals surface area contributed by atoms with Crippen LogP contribution >= 0.6 is 11.3 Å². The second kappa shape index (κ2) is 8.24. The number of ether oxygens (including phenoxy) is 2. The van der Waals surface area contributed by atoms with E-state index in [2.05, 4.69) is 11.6 Å². The van der Waals surface area contributed by atoms with Gasteiger partial charge in [-0.15, -0.1) is 0 Å². The van der Waals surface area contributed by atoms with Crippen LogP contribution in [0.2, 0.25) is 0 Å². The predicted molar refractivity (Wildman–Crippen MR) is 110 cm³/mol. The van der Waals surface area contributed by atoms with Gasteiger partial charge < -0.3 is 14.6 Å². The molecule has 7 nitrogen and oxygen atoms in total. The van der Waals surface area contributed by atoms with Gasteiger partial charge in [0.1, 0.15) is 23.2 Å². The maximum atomic E-state index is 12.4. The lowest BCUT2D eigenvalue weighted by Gasteiger charge is -2.26. The van der Waals surface area contributed by atoms with Crippen molar-refractivity contribution in [3.8, 4) is 17.0 Å². The summed E-state index contributed by atoms with van der Waals surface area (Å²) in [7, 11) is 0. The number of carboxylic acid groups (broad SMARTS) is 1. The van der Waals surface area contributed by atoms with Crippen molar-refractivity contribution in [3.05, 3.63) is 47.5 Å². The van der Waals surface area contributed by atoms with Gasteiger partial charge in [0.15, 0.2) is 0 Å². The number of pyridine rings is 1. The third kappa shape index (κ3) is 5.14. The monoisotopic (exact) mass is 416 g/mol. The van der Waals surface area contributed by atoms with E-state index < -0.39 is 23.7 Å². The number of aliphatic carboxylic acids is 1. The maximum Gasteiger partial charge on any atom is 0.411 e. The van der Waals surface area contributed by atoms with Gasteiger partial charge in [-0.05, 0) is 44.7 Å². The molecule has 1 fully saturated rings. The van der Waals surface area contributed by atoms with Gasteiger partial charge >= 0.3 is 12.1 Å². The molecule has 2 aromatic rings. The number of carbonyl (C=O) groups excluding carboxylic acids is 1. The Kier molecular flexibility index (Phi) is 5.93. The van der Waals surface area contributed by atoms with Crippen molar-refractivity contribution in [2.45, 2.75) is 38.8 Å². The molecule has 0 aromatic carbocycles.